The fourth-order valence-corrected chi connectivity index (χ4v) is 3.27. The van der Waals surface area contributed by atoms with Gasteiger partial charge < -0.3 is 9.47 Å². The number of hydrogen-bond donors (Lipinski definition) is 1. The van der Waals surface area contributed by atoms with Crippen LogP contribution in [0, 0.1) is 0 Å². The van der Waals surface area contributed by atoms with Crippen LogP contribution in [0.2, 0.25) is 0 Å². The second kappa shape index (κ2) is 5.76. The Hall–Kier alpha value is -2.82. The zero-order chi connectivity index (χ0) is 15.6. The molecule has 5 heteroatoms. The number of carbonyl (C=O) groups is 1. The maximum atomic E-state index is 13.0. The van der Waals surface area contributed by atoms with E-state index in [0.717, 1.165) is 36.2 Å². The molecular weight excluding hydrogens is 288 g/mol. The molecule has 0 saturated carbocycles. The maximum Gasteiger partial charge on any atom is 0.254 e. The second-order valence-corrected chi connectivity index (χ2v) is 5.83. The van der Waals surface area contributed by atoms with Crippen LogP contribution >= 0.6 is 0 Å². The lowest BCUT2D eigenvalue weighted by atomic mass is 10.1. The van der Waals surface area contributed by atoms with Crippen molar-refractivity contribution in [1.29, 1.82) is 0 Å². The minimum absolute atomic E-state index is 0.0858. The SMILES string of the molecule is O=C(c1cccc(-n2cccc2)c1)N1CCCC1c1cn[nH]c1. The molecule has 1 aliphatic rings. The van der Waals surface area contributed by atoms with E-state index in [2.05, 4.69) is 10.2 Å². The minimum Gasteiger partial charge on any atom is -0.331 e. The molecule has 1 aliphatic heterocycles. The summed E-state index contributed by atoms with van der Waals surface area (Å²) in [5, 5.41) is 6.86. The first-order valence-electron chi connectivity index (χ1n) is 7.86. The van der Waals surface area contributed by atoms with Crippen LogP contribution in [0.25, 0.3) is 5.69 Å². The van der Waals surface area contributed by atoms with E-state index >= 15 is 0 Å². The Morgan fingerprint density at radius 3 is 2.87 bits per heavy atom. The zero-order valence-corrected chi connectivity index (χ0v) is 12.7. The van der Waals surface area contributed by atoms with Crippen molar-refractivity contribution < 1.29 is 4.79 Å². The predicted molar refractivity (Wildman–Crippen MR) is 87.4 cm³/mol. The number of rotatable bonds is 3. The highest BCUT2D eigenvalue weighted by atomic mass is 16.2. The number of H-pyrrole nitrogens is 1. The van der Waals surface area contributed by atoms with E-state index in [1.165, 1.54) is 0 Å². The number of carbonyl (C=O) groups excluding carboxylic acids is 1. The molecule has 5 nitrogen and oxygen atoms in total. The van der Waals surface area contributed by atoms with E-state index < -0.39 is 0 Å². The van der Waals surface area contributed by atoms with Crippen molar-refractivity contribution >= 4 is 5.91 Å². The predicted octanol–water partition coefficient (Wildman–Crippen LogP) is 3.18. The third-order valence-electron chi connectivity index (χ3n) is 4.41. The summed E-state index contributed by atoms with van der Waals surface area (Å²) in [7, 11) is 0. The summed E-state index contributed by atoms with van der Waals surface area (Å²) in [4.78, 5) is 14.9. The Bertz CT molecular complexity index is 792. The van der Waals surface area contributed by atoms with Crippen LogP contribution in [0.5, 0.6) is 0 Å². The van der Waals surface area contributed by atoms with Crippen LogP contribution in [0.4, 0.5) is 0 Å². The van der Waals surface area contributed by atoms with Crippen molar-refractivity contribution in [2.24, 2.45) is 0 Å². The van der Waals surface area contributed by atoms with Crippen LogP contribution in [-0.4, -0.2) is 32.1 Å². The van der Waals surface area contributed by atoms with E-state index in [1.807, 2.05) is 70.7 Å². The van der Waals surface area contributed by atoms with Gasteiger partial charge in [-0.3, -0.25) is 9.89 Å². The average molecular weight is 306 g/mol. The highest BCUT2D eigenvalue weighted by Crippen LogP contribution is 2.32. The molecule has 0 radical (unpaired) electrons. The van der Waals surface area contributed by atoms with Crippen molar-refractivity contribution in [1.82, 2.24) is 19.7 Å². The molecule has 3 aromatic rings. The summed E-state index contributed by atoms with van der Waals surface area (Å²) in [6, 6.07) is 11.9. The minimum atomic E-state index is 0.0858. The third kappa shape index (κ3) is 2.54. The van der Waals surface area contributed by atoms with Crippen molar-refractivity contribution in [3.05, 3.63) is 72.3 Å². The van der Waals surface area contributed by atoms with Gasteiger partial charge >= 0.3 is 0 Å². The van der Waals surface area contributed by atoms with E-state index in [0.29, 0.717) is 0 Å². The molecule has 116 valence electrons. The van der Waals surface area contributed by atoms with E-state index in [9.17, 15) is 4.79 Å². The lowest BCUT2D eigenvalue weighted by Crippen LogP contribution is -2.30. The Morgan fingerprint density at radius 2 is 2.09 bits per heavy atom. The number of aromatic nitrogens is 3. The number of hydrogen-bond acceptors (Lipinski definition) is 2. The average Bonchev–Trinajstić information content (AvgIpc) is 3.35. The second-order valence-electron chi connectivity index (χ2n) is 5.83. The largest absolute Gasteiger partial charge is 0.331 e. The van der Waals surface area contributed by atoms with Gasteiger partial charge in [-0.1, -0.05) is 6.07 Å². The highest BCUT2D eigenvalue weighted by Gasteiger charge is 2.31. The van der Waals surface area contributed by atoms with Gasteiger partial charge in [-0.15, -0.1) is 0 Å². The molecule has 1 fully saturated rings. The molecule has 1 N–H and O–H groups in total. The van der Waals surface area contributed by atoms with Gasteiger partial charge in [-0.25, -0.2) is 0 Å². The van der Waals surface area contributed by atoms with Crippen LogP contribution < -0.4 is 0 Å². The molecule has 1 unspecified atom stereocenters. The molecule has 0 spiro atoms. The summed E-state index contributed by atoms with van der Waals surface area (Å²) in [6.07, 6.45) is 9.67. The molecule has 1 aromatic carbocycles. The molecule has 0 aliphatic carbocycles. The van der Waals surface area contributed by atoms with E-state index in [1.54, 1.807) is 0 Å². The van der Waals surface area contributed by atoms with Crippen LogP contribution in [0.15, 0.2) is 61.2 Å². The van der Waals surface area contributed by atoms with Crippen LogP contribution in [-0.2, 0) is 0 Å². The first kappa shape index (κ1) is 13.8. The van der Waals surface area contributed by atoms with Gasteiger partial charge in [0.2, 0.25) is 0 Å². The summed E-state index contributed by atoms with van der Waals surface area (Å²) in [5.74, 6) is 0.0858. The number of amides is 1. The summed E-state index contributed by atoms with van der Waals surface area (Å²) < 4.78 is 2.01. The van der Waals surface area contributed by atoms with Gasteiger partial charge in [0.1, 0.15) is 0 Å². The maximum absolute atomic E-state index is 13.0. The monoisotopic (exact) mass is 306 g/mol. The summed E-state index contributed by atoms with van der Waals surface area (Å²) in [6.45, 7) is 0.794. The topological polar surface area (TPSA) is 53.9 Å². The quantitative estimate of drug-likeness (QED) is 0.808. The lowest BCUT2D eigenvalue weighted by Gasteiger charge is -2.24. The molecule has 1 saturated heterocycles. The Labute approximate surface area is 134 Å². The highest BCUT2D eigenvalue weighted by molar-refractivity contribution is 5.95. The molecule has 0 bridgehead atoms. The lowest BCUT2D eigenvalue weighted by molar-refractivity contribution is 0.0735. The first-order chi connectivity index (χ1) is 11.3. The molecular formula is C18H18N4O. The van der Waals surface area contributed by atoms with Crippen molar-refractivity contribution in [3.8, 4) is 5.69 Å². The van der Waals surface area contributed by atoms with Crippen LogP contribution in [0.1, 0.15) is 34.8 Å². The first-order valence-corrected chi connectivity index (χ1v) is 7.86. The summed E-state index contributed by atoms with van der Waals surface area (Å²) >= 11 is 0. The van der Waals surface area contributed by atoms with Crippen molar-refractivity contribution in [3.63, 3.8) is 0 Å². The fourth-order valence-electron chi connectivity index (χ4n) is 3.27. The van der Waals surface area contributed by atoms with Gasteiger partial charge in [0.15, 0.2) is 0 Å². The third-order valence-corrected chi connectivity index (χ3v) is 4.41. The van der Waals surface area contributed by atoms with Gasteiger partial charge in [0.25, 0.3) is 5.91 Å². The van der Waals surface area contributed by atoms with Gasteiger partial charge in [0.05, 0.1) is 12.2 Å². The number of likely N-dealkylation sites (tertiary alicyclic amines) is 1. The zero-order valence-electron chi connectivity index (χ0n) is 12.7. The van der Waals surface area contributed by atoms with Crippen molar-refractivity contribution in [2.45, 2.75) is 18.9 Å². The molecule has 1 amide bonds. The number of aromatic amines is 1. The van der Waals surface area contributed by atoms with Gasteiger partial charge in [-0.2, -0.15) is 5.10 Å². The smallest absolute Gasteiger partial charge is 0.254 e. The molecule has 1 atom stereocenters. The number of benzene rings is 1. The Morgan fingerprint density at radius 1 is 1.22 bits per heavy atom. The molecule has 3 heterocycles. The van der Waals surface area contributed by atoms with Crippen LogP contribution in [0.3, 0.4) is 0 Å². The van der Waals surface area contributed by atoms with Gasteiger partial charge in [0, 0.05) is 41.9 Å². The Balaban J connectivity index is 1.63. The normalized spacial score (nSPS) is 17.6. The Kier molecular flexibility index (Phi) is 3.46. The number of nitrogens with one attached hydrogen (secondary N) is 1. The molecule has 23 heavy (non-hydrogen) atoms. The number of nitrogens with zero attached hydrogens (tertiary/aromatic N) is 3. The summed E-state index contributed by atoms with van der Waals surface area (Å²) in [5.41, 5.74) is 2.81. The van der Waals surface area contributed by atoms with E-state index in [-0.39, 0.29) is 11.9 Å². The van der Waals surface area contributed by atoms with E-state index in [4.69, 9.17) is 0 Å². The van der Waals surface area contributed by atoms with Gasteiger partial charge in [-0.05, 0) is 43.2 Å². The molecule has 4 rings (SSSR count). The fraction of sp³-hybridized carbons (Fsp3) is 0.222. The van der Waals surface area contributed by atoms with Crippen molar-refractivity contribution in [2.75, 3.05) is 6.54 Å². The molecule has 2 aromatic heterocycles. The standard InChI is InChI=1S/C18H18N4O/c23-18(22-10-4-7-17(22)15-12-19-20-13-15)14-5-3-6-16(11-14)21-8-1-2-9-21/h1-3,5-6,8-9,11-13,17H,4,7,10H2,(H,19,20).